The van der Waals surface area contributed by atoms with E-state index in [9.17, 15) is 9.59 Å². The summed E-state index contributed by atoms with van der Waals surface area (Å²) < 4.78 is 1.18. The maximum absolute atomic E-state index is 12.7. The van der Waals surface area contributed by atoms with Crippen LogP contribution in [0.5, 0.6) is 0 Å². The van der Waals surface area contributed by atoms with Crippen molar-refractivity contribution in [1.82, 2.24) is 14.8 Å². The van der Waals surface area contributed by atoms with Crippen LogP contribution in [-0.2, 0) is 7.05 Å². The van der Waals surface area contributed by atoms with Crippen molar-refractivity contribution in [2.45, 2.75) is 0 Å². The van der Waals surface area contributed by atoms with Gasteiger partial charge in [0.25, 0.3) is 11.5 Å². The van der Waals surface area contributed by atoms with E-state index in [1.54, 1.807) is 41.8 Å². The molecular weight excluding hydrogens is 348 g/mol. The monoisotopic (exact) mass is 362 g/mol. The van der Waals surface area contributed by atoms with Crippen molar-refractivity contribution in [2.24, 2.45) is 7.05 Å². The van der Waals surface area contributed by atoms with Crippen LogP contribution in [0.25, 0.3) is 21.3 Å². The van der Waals surface area contributed by atoms with Crippen molar-refractivity contribution >= 4 is 33.7 Å². The Morgan fingerprint density at radius 2 is 1.81 bits per heavy atom. The minimum atomic E-state index is -0.362. The molecule has 0 unspecified atom stereocenters. The Balaban J connectivity index is 1.66. The first-order valence-electron chi connectivity index (χ1n) is 7.91. The van der Waals surface area contributed by atoms with Crippen LogP contribution in [0.3, 0.4) is 0 Å². The van der Waals surface area contributed by atoms with Gasteiger partial charge in [-0.3, -0.25) is 9.59 Å². The average Bonchev–Trinajstić information content (AvgIpc) is 3.20. The Bertz CT molecular complexity index is 1150. The summed E-state index contributed by atoms with van der Waals surface area (Å²) in [6, 6.07) is 14.4. The molecular formula is C19H14N4O2S. The normalized spacial score (nSPS) is 10.8. The van der Waals surface area contributed by atoms with Gasteiger partial charge in [0, 0.05) is 35.3 Å². The molecule has 26 heavy (non-hydrogen) atoms. The number of rotatable bonds is 3. The molecule has 1 N–H and O–H groups in total. The number of carbonyl (C=O) groups is 1. The van der Waals surface area contributed by atoms with Crippen LogP contribution in [0.15, 0.2) is 64.9 Å². The lowest BCUT2D eigenvalue weighted by Gasteiger charge is -2.09. The summed E-state index contributed by atoms with van der Waals surface area (Å²) >= 11 is 1.56. The highest BCUT2D eigenvalue weighted by molar-refractivity contribution is 7.13. The molecule has 0 fully saturated rings. The molecule has 2 aromatic heterocycles. The van der Waals surface area contributed by atoms with Gasteiger partial charge in [0.15, 0.2) is 5.69 Å². The van der Waals surface area contributed by atoms with Gasteiger partial charge >= 0.3 is 0 Å². The molecule has 4 rings (SSSR count). The third-order valence-corrected chi connectivity index (χ3v) is 4.82. The summed E-state index contributed by atoms with van der Waals surface area (Å²) in [6.45, 7) is 0. The molecule has 1 amide bonds. The molecule has 0 bridgehead atoms. The van der Waals surface area contributed by atoms with Gasteiger partial charge < -0.3 is 5.32 Å². The van der Waals surface area contributed by atoms with Crippen molar-refractivity contribution in [3.63, 3.8) is 0 Å². The summed E-state index contributed by atoms with van der Waals surface area (Å²) in [4.78, 5) is 29.1. The van der Waals surface area contributed by atoms with Crippen LogP contribution >= 0.6 is 11.3 Å². The van der Waals surface area contributed by atoms with Crippen LogP contribution in [0.4, 0.5) is 5.69 Å². The van der Waals surface area contributed by atoms with E-state index in [4.69, 9.17) is 0 Å². The molecule has 7 heteroatoms. The van der Waals surface area contributed by atoms with E-state index < -0.39 is 0 Å². The lowest BCUT2D eigenvalue weighted by molar-refractivity contribution is 0.102. The first-order chi connectivity index (χ1) is 12.6. The van der Waals surface area contributed by atoms with Gasteiger partial charge in [-0.05, 0) is 30.3 Å². The molecule has 0 saturated heterocycles. The summed E-state index contributed by atoms with van der Waals surface area (Å²) in [5.74, 6) is -0.362. The highest BCUT2D eigenvalue weighted by atomic mass is 32.1. The van der Waals surface area contributed by atoms with E-state index in [0.717, 1.165) is 10.6 Å². The first kappa shape index (κ1) is 16.2. The second-order valence-corrected chi connectivity index (χ2v) is 6.59. The number of anilines is 1. The van der Waals surface area contributed by atoms with E-state index in [-0.39, 0.29) is 17.2 Å². The lowest BCUT2D eigenvalue weighted by atomic mass is 10.1. The second-order valence-electron chi connectivity index (χ2n) is 5.69. The minimum absolute atomic E-state index is 0.215. The van der Waals surface area contributed by atoms with Gasteiger partial charge in [-0.2, -0.15) is 5.10 Å². The molecule has 0 aliphatic heterocycles. The Morgan fingerprint density at radius 3 is 2.50 bits per heavy atom. The zero-order valence-electron chi connectivity index (χ0n) is 13.8. The van der Waals surface area contributed by atoms with Gasteiger partial charge in [-0.25, -0.2) is 9.67 Å². The van der Waals surface area contributed by atoms with Crippen LogP contribution < -0.4 is 10.9 Å². The highest BCUT2D eigenvalue weighted by Gasteiger charge is 2.15. The SMILES string of the molecule is Cn1nc(C(=O)Nc2ccc(-c3nccs3)cc2)c2ccccc2c1=O. The molecule has 128 valence electrons. The standard InChI is InChI=1S/C19H14N4O2S/c1-23-19(25)15-5-3-2-4-14(15)16(22-23)17(24)21-13-8-6-12(7-9-13)18-20-10-11-26-18/h2-11H,1H3,(H,21,24). The number of aryl methyl sites for hydroxylation is 1. The predicted molar refractivity (Wildman–Crippen MR) is 102 cm³/mol. The average molecular weight is 362 g/mol. The molecule has 4 aromatic rings. The Hall–Kier alpha value is -3.32. The number of nitrogens with zero attached hydrogens (tertiary/aromatic N) is 3. The van der Waals surface area contributed by atoms with E-state index >= 15 is 0 Å². The van der Waals surface area contributed by atoms with Gasteiger partial charge in [0.1, 0.15) is 5.01 Å². The molecule has 2 aromatic carbocycles. The van der Waals surface area contributed by atoms with Gasteiger partial charge in [0.05, 0.1) is 5.39 Å². The number of benzene rings is 2. The number of aromatic nitrogens is 3. The Morgan fingerprint density at radius 1 is 1.08 bits per heavy atom. The van der Waals surface area contributed by atoms with E-state index in [1.165, 1.54) is 11.7 Å². The lowest BCUT2D eigenvalue weighted by Crippen LogP contribution is -2.25. The van der Waals surface area contributed by atoms with Crippen molar-refractivity contribution in [1.29, 1.82) is 0 Å². The van der Waals surface area contributed by atoms with E-state index in [1.807, 2.05) is 29.6 Å². The maximum atomic E-state index is 12.7. The quantitative estimate of drug-likeness (QED) is 0.607. The molecule has 0 saturated carbocycles. The van der Waals surface area contributed by atoms with Gasteiger partial charge in [0.2, 0.25) is 0 Å². The summed E-state index contributed by atoms with van der Waals surface area (Å²) in [5, 5.41) is 10.8. The number of fused-ring (bicyclic) bond motifs is 1. The fourth-order valence-electron chi connectivity index (χ4n) is 2.72. The molecule has 0 aliphatic carbocycles. The third kappa shape index (κ3) is 2.89. The fraction of sp³-hybridized carbons (Fsp3) is 0.0526. The molecule has 0 radical (unpaired) electrons. The zero-order chi connectivity index (χ0) is 18.1. The van der Waals surface area contributed by atoms with Crippen LogP contribution in [-0.4, -0.2) is 20.7 Å². The number of hydrogen-bond donors (Lipinski definition) is 1. The second kappa shape index (κ2) is 6.53. The van der Waals surface area contributed by atoms with Crippen LogP contribution in [0, 0.1) is 0 Å². The van der Waals surface area contributed by atoms with Gasteiger partial charge in [-0.15, -0.1) is 11.3 Å². The Kier molecular flexibility index (Phi) is 4.06. The summed E-state index contributed by atoms with van der Waals surface area (Å²) in [6.07, 6.45) is 1.76. The van der Waals surface area contributed by atoms with Crippen LogP contribution in [0.2, 0.25) is 0 Å². The van der Waals surface area contributed by atoms with Crippen LogP contribution in [0.1, 0.15) is 10.5 Å². The first-order valence-corrected chi connectivity index (χ1v) is 8.79. The Labute approximate surface area is 152 Å². The minimum Gasteiger partial charge on any atom is -0.321 e. The maximum Gasteiger partial charge on any atom is 0.276 e. The fourth-order valence-corrected chi connectivity index (χ4v) is 3.36. The number of nitrogens with one attached hydrogen (secondary N) is 1. The molecule has 0 atom stereocenters. The predicted octanol–water partition coefficient (Wildman–Crippen LogP) is 3.31. The summed E-state index contributed by atoms with van der Waals surface area (Å²) in [5.41, 5.74) is 1.62. The highest BCUT2D eigenvalue weighted by Crippen LogP contribution is 2.23. The molecule has 2 heterocycles. The van der Waals surface area contributed by atoms with E-state index in [0.29, 0.717) is 16.5 Å². The smallest absolute Gasteiger partial charge is 0.276 e. The largest absolute Gasteiger partial charge is 0.321 e. The number of hydrogen-bond acceptors (Lipinski definition) is 5. The van der Waals surface area contributed by atoms with Crippen molar-refractivity contribution < 1.29 is 4.79 Å². The van der Waals surface area contributed by atoms with E-state index in [2.05, 4.69) is 15.4 Å². The third-order valence-electron chi connectivity index (χ3n) is 3.99. The topological polar surface area (TPSA) is 76.9 Å². The summed E-state index contributed by atoms with van der Waals surface area (Å²) in [7, 11) is 1.54. The molecule has 0 aliphatic rings. The van der Waals surface area contributed by atoms with Crippen molar-refractivity contribution in [3.8, 4) is 10.6 Å². The van der Waals surface area contributed by atoms with Crippen molar-refractivity contribution in [2.75, 3.05) is 5.32 Å². The number of carbonyl (C=O) groups excluding carboxylic acids is 1. The number of amides is 1. The molecule has 6 nitrogen and oxygen atoms in total. The van der Waals surface area contributed by atoms with Gasteiger partial charge in [-0.1, -0.05) is 18.2 Å². The molecule has 0 spiro atoms. The number of thiazole rings is 1. The zero-order valence-corrected chi connectivity index (χ0v) is 14.7. The van der Waals surface area contributed by atoms with Crippen molar-refractivity contribution in [3.05, 3.63) is 76.2 Å².